The van der Waals surface area contributed by atoms with E-state index in [0.29, 0.717) is 23.6 Å². The van der Waals surface area contributed by atoms with Crippen LogP contribution in [0, 0.1) is 0 Å². The number of nitrogens with zero attached hydrogens (tertiary/aromatic N) is 2. The third-order valence-corrected chi connectivity index (χ3v) is 3.08. The van der Waals surface area contributed by atoms with Crippen LogP contribution in [0.4, 0.5) is 5.82 Å². The highest BCUT2D eigenvalue weighted by molar-refractivity contribution is 6.12. The molecule has 0 saturated heterocycles. The number of fused-ring (bicyclic) bond motifs is 3. The van der Waals surface area contributed by atoms with Crippen molar-refractivity contribution in [2.45, 2.75) is 0 Å². The average molecular weight is 271 g/mol. The van der Waals surface area contributed by atoms with Gasteiger partial charge in [0.1, 0.15) is 17.8 Å². The van der Waals surface area contributed by atoms with Gasteiger partial charge in [0.25, 0.3) is 0 Å². The Labute approximate surface area is 113 Å². The topological polar surface area (TPSA) is 117 Å². The molecule has 0 saturated carbocycles. The van der Waals surface area contributed by atoms with Gasteiger partial charge in [-0.05, 0) is 18.2 Å². The van der Waals surface area contributed by atoms with Crippen LogP contribution in [0.1, 0.15) is 10.4 Å². The molecule has 2 heterocycles. The van der Waals surface area contributed by atoms with Crippen LogP contribution in [-0.4, -0.2) is 39.1 Å². The van der Waals surface area contributed by atoms with E-state index in [4.69, 9.17) is 10.8 Å². The molecule has 0 atom stereocenters. The van der Waals surface area contributed by atoms with Crippen LogP contribution in [0.25, 0.3) is 21.9 Å². The molecule has 20 heavy (non-hydrogen) atoms. The number of hydrogen-bond donors (Lipinski definition) is 4. The van der Waals surface area contributed by atoms with Crippen molar-refractivity contribution in [3.63, 3.8) is 0 Å². The van der Waals surface area contributed by atoms with E-state index in [2.05, 4.69) is 20.3 Å². The summed E-state index contributed by atoms with van der Waals surface area (Å²) in [6, 6.07) is 5.16. The number of benzene rings is 1. The Hall–Kier alpha value is -2.67. The van der Waals surface area contributed by atoms with Crippen molar-refractivity contribution in [1.29, 1.82) is 0 Å². The van der Waals surface area contributed by atoms with Gasteiger partial charge < -0.3 is 21.1 Å². The van der Waals surface area contributed by atoms with E-state index in [1.807, 2.05) is 0 Å². The fourth-order valence-corrected chi connectivity index (χ4v) is 2.18. The van der Waals surface area contributed by atoms with E-state index < -0.39 is 5.91 Å². The first-order valence-electron chi connectivity index (χ1n) is 6.11. The molecule has 7 heteroatoms. The summed E-state index contributed by atoms with van der Waals surface area (Å²) in [6.07, 6.45) is 1.44. The number of rotatable bonds is 4. The number of H-pyrrole nitrogens is 1. The molecule has 3 aromatic rings. The van der Waals surface area contributed by atoms with Gasteiger partial charge in [0.15, 0.2) is 0 Å². The molecule has 0 bridgehead atoms. The Balaban J connectivity index is 2.27. The molecule has 3 rings (SSSR count). The van der Waals surface area contributed by atoms with Crippen molar-refractivity contribution in [3.05, 3.63) is 30.1 Å². The van der Waals surface area contributed by atoms with Crippen LogP contribution < -0.4 is 11.1 Å². The minimum atomic E-state index is -0.483. The van der Waals surface area contributed by atoms with Crippen LogP contribution >= 0.6 is 0 Å². The van der Waals surface area contributed by atoms with Crippen LogP contribution in [0.5, 0.6) is 0 Å². The van der Waals surface area contributed by atoms with Gasteiger partial charge in [-0.15, -0.1) is 0 Å². The monoisotopic (exact) mass is 271 g/mol. The molecular formula is C13H13N5O2. The highest BCUT2D eigenvalue weighted by Gasteiger charge is 2.12. The normalized spacial score (nSPS) is 11.1. The molecule has 102 valence electrons. The number of carbonyl (C=O) groups is 1. The number of carbonyl (C=O) groups excluding carboxylic acids is 1. The molecule has 7 nitrogen and oxygen atoms in total. The van der Waals surface area contributed by atoms with Crippen molar-refractivity contribution in [2.24, 2.45) is 5.73 Å². The lowest BCUT2D eigenvalue weighted by molar-refractivity contribution is 0.100. The van der Waals surface area contributed by atoms with E-state index in [-0.39, 0.29) is 6.61 Å². The number of amides is 1. The lowest BCUT2D eigenvalue weighted by Gasteiger charge is -2.04. The molecule has 5 N–H and O–H groups in total. The van der Waals surface area contributed by atoms with Crippen molar-refractivity contribution < 1.29 is 9.90 Å². The number of primary amides is 1. The summed E-state index contributed by atoms with van der Waals surface area (Å²) in [6.45, 7) is 0.384. The average Bonchev–Trinajstić information content (AvgIpc) is 2.83. The Kier molecular flexibility index (Phi) is 2.96. The second-order valence-corrected chi connectivity index (χ2v) is 4.35. The fraction of sp³-hybridized carbons (Fsp3) is 0.154. The molecule has 1 amide bonds. The maximum atomic E-state index is 11.3. The lowest BCUT2D eigenvalue weighted by Crippen LogP contribution is -2.10. The first-order chi connectivity index (χ1) is 9.70. The van der Waals surface area contributed by atoms with Gasteiger partial charge in [0, 0.05) is 23.0 Å². The van der Waals surface area contributed by atoms with Gasteiger partial charge in [-0.1, -0.05) is 0 Å². The maximum Gasteiger partial charge on any atom is 0.248 e. The Morgan fingerprint density at radius 1 is 1.40 bits per heavy atom. The SMILES string of the molecule is NC(=O)c1ccc2[nH]c3ncnc(NCCO)c3c2c1. The summed E-state index contributed by atoms with van der Waals surface area (Å²) in [5.74, 6) is 0.125. The lowest BCUT2D eigenvalue weighted by atomic mass is 10.1. The minimum absolute atomic E-state index is 0.000384. The van der Waals surface area contributed by atoms with Gasteiger partial charge in [0.2, 0.25) is 5.91 Å². The van der Waals surface area contributed by atoms with E-state index in [1.165, 1.54) is 6.33 Å². The third-order valence-electron chi connectivity index (χ3n) is 3.08. The summed E-state index contributed by atoms with van der Waals surface area (Å²) in [7, 11) is 0. The smallest absolute Gasteiger partial charge is 0.248 e. The maximum absolute atomic E-state index is 11.3. The molecule has 2 aromatic heterocycles. The molecule has 0 aliphatic rings. The Morgan fingerprint density at radius 2 is 2.25 bits per heavy atom. The molecular weight excluding hydrogens is 258 g/mol. The summed E-state index contributed by atoms with van der Waals surface area (Å²) in [5, 5.41) is 13.5. The molecule has 0 fully saturated rings. The van der Waals surface area contributed by atoms with Gasteiger partial charge in [0.05, 0.1) is 12.0 Å². The highest BCUT2D eigenvalue weighted by atomic mass is 16.3. The predicted molar refractivity (Wildman–Crippen MR) is 75.5 cm³/mol. The standard InChI is InChI=1S/C13H13N5O2/c14-11(20)7-1-2-9-8(5-7)10-12(15-3-4-19)16-6-17-13(10)18-9/h1-2,5-6,19H,3-4H2,(H2,14,20)(H2,15,16,17,18). The van der Waals surface area contributed by atoms with Gasteiger partial charge in [-0.3, -0.25) is 4.79 Å². The summed E-state index contributed by atoms with van der Waals surface area (Å²) >= 11 is 0. The van der Waals surface area contributed by atoms with E-state index in [9.17, 15) is 4.79 Å². The van der Waals surface area contributed by atoms with Gasteiger partial charge in [-0.2, -0.15) is 0 Å². The van der Waals surface area contributed by atoms with Gasteiger partial charge in [-0.25, -0.2) is 9.97 Å². The summed E-state index contributed by atoms with van der Waals surface area (Å²) in [4.78, 5) is 22.8. The molecule has 0 radical (unpaired) electrons. The van der Waals surface area contributed by atoms with Crippen molar-refractivity contribution in [2.75, 3.05) is 18.5 Å². The van der Waals surface area contributed by atoms with Crippen LogP contribution in [0.15, 0.2) is 24.5 Å². The molecule has 0 aliphatic carbocycles. The van der Waals surface area contributed by atoms with Crippen molar-refractivity contribution >= 4 is 33.7 Å². The molecule has 0 spiro atoms. The predicted octanol–water partition coefficient (Wildman–Crippen LogP) is 0.614. The van der Waals surface area contributed by atoms with E-state index >= 15 is 0 Å². The van der Waals surface area contributed by atoms with Crippen molar-refractivity contribution in [1.82, 2.24) is 15.0 Å². The third kappa shape index (κ3) is 1.94. The van der Waals surface area contributed by atoms with Crippen molar-refractivity contribution in [3.8, 4) is 0 Å². The second-order valence-electron chi connectivity index (χ2n) is 4.35. The second kappa shape index (κ2) is 4.78. The number of aliphatic hydroxyl groups excluding tert-OH is 1. The Morgan fingerprint density at radius 3 is 3.00 bits per heavy atom. The summed E-state index contributed by atoms with van der Waals surface area (Å²) < 4.78 is 0. The highest BCUT2D eigenvalue weighted by Crippen LogP contribution is 2.29. The van der Waals surface area contributed by atoms with Crippen LogP contribution in [-0.2, 0) is 0 Å². The zero-order valence-corrected chi connectivity index (χ0v) is 10.6. The number of aromatic amines is 1. The molecule has 1 aromatic carbocycles. The number of aromatic nitrogens is 3. The number of hydrogen-bond acceptors (Lipinski definition) is 5. The first-order valence-corrected chi connectivity index (χ1v) is 6.11. The van der Waals surface area contributed by atoms with Crippen LogP contribution in [0.2, 0.25) is 0 Å². The number of nitrogens with two attached hydrogens (primary N) is 1. The zero-order valence-electron chi connectivity index (χ0n) is 10.6. The first kappa shape index (κ1) is 12.4. The largest absolute Gasteiger partial charge is 0.395 e. The van der Waals surface area contributed by atoms with E-state index in [0.717, 1.165) is 16.3 Å². The van der Waals surface area contributed by atoms with Crippen LogP contribution in [0.3, 0.4) is 0 Å². The molecule has 0 unspecified atom stereocenters. The summed E-state index contributed by atoms with van der Waals surface area (Å²) in [5.41, 5.74) is 7.24. The Bertz CT molecular complexity index is 796. The van der Waals surface area contributed by atoms with E-state index in [1.54, 1.807) is 18.2 Å². The number of aliphatic hydroxyl groups is 1. The zero-order chi connectivity index (χ0) is 14.1. The number of anilines is 1. The fourth-order valence-electron chi connectivity index (χ4n) is 2.18. The molecule has 0 aliphatic heterocycles. The number of nitrogens with one attached hydrogen (secondary N) is 2. The minimum Gasteiger partial charge on any atom is -0.395 e. The van der Waals surface area contributed by atoms with Gasteiger partial charge >= 0.3 is 0 Å². The quantitative estimate of drug-likeness (QED) is 0.554.